The molecule has 6 nitrogen and oxygen atoms in total. The second-order valence-electron chi connectivity index (χ2n) is 4.55. The number of amides is 1. The minimum atomic E-state index is -3.51. The molecule has 0 saturated carbocycles. The Balaban J connectivity index is 2.97. The standard InChI is InChI=1S/C14H19NO5S/c1-3-10(14(17)18)9-15-13(16)11-7-5-6-8-12(11)21(19,20)4-2/h5-8,10H,3-4,9H2,1-2H3,(H,15,16)(H,17,18). The van der Waals surface area contributed by atoms with Gasteiger partial charge in [-0.1, -0.05) is 26.0 Å². The second kappa shape index (κ2) is 7.21. The predicted octanol–water partition coefficient (Wildman–Crippen LogP) is 1.32. The summed E-state index contributed by atoms with van der Waals surface area (Å²) < 4.78 is 23.9. The van der Waals surface area contributed by atoms with E-state index < -0.39 is 27.6 Å². The van der Waals surface area contributed by atoms with Crippen molar-refractivity contribution >= 4 is 21.7 Å². The molecule has 116 valence electrons. The van der Waals surface area contributed by atoms with Gasteiger partial charge in [-0.3, -0.25) is 9.59 Å². The summed E-state index contributed by atoms with van der Waals surface area (Å²) in [7, 11) is -3.51. The molecule has 0 heterocycles. The molecule has 1 aromatic carbocycles. The first-order chi connectivity index (χ1) is 9.83. The summed E-state index contributed by atoms with van der Waals surface area (Å²) in [6, 6.07) is 5.91. The van der Waals surface area contributed by atoms with Crippen molar-refractivity contribution in [1.29, 1.82) is 0 Å². The predicted molar refractivity (Wildman–Crippen MR) is 77.9 cm³/mol. The molecule has 7 heteroatoms. The number of rotatable bonds is 7. The summed E-state index contributed by atoms with van der Waals surface area (Å²) in [5.41, 5.74) is 0.0413. The molecule has 0 spiro atoms. The molecule has 0 fully saturated rings. The fourth-order valence-corrected chi connectivity index (χ4v) is 2.89. The molecule has 1 rings (SSSR count). The fourth-order valence-electron chi connectivity index (χ4n) is 1.80. The lowest BCUT2D eigenvalue weighted by Gasteiger charge is -2.13. The van der Waals surface area contributed by atoms with Gasteiger partial charge in [-0.05, 0) is 18.6 Å². The minimum absolute atomic E-state index is 0.0339. The van der Waals surface area contributed by atoms with Crippen molar-refractivity contribution in [2.75, 3.05) is 12.3 Å². The molecule has 0 bridgehead atoms. The number of carboxylic acid groups (broad SMARTS) is 1. The molecule has 0 aliphatic carbocycles. The van der Waals surface area contributed by atoms with Crippen molar-refractivity contribution in [3.05, 3.63) is 29.8 Å². The van der Waals surface area contributed by atoms with E-state index in [1.807, 2.05) is 0 Å². The largest absolute Gasteiger partial charge is 0.481 e. The highest BCUT2D eigenvalue weighted by Gasteiger charge is 2.22. The third-order valence-electron chi connectivity index (χ3n) is 3.20. The third-order valence-corrected chi connectivity index (χ3v) is 4.98. The first-order valence-electron chi connectivity index (χ1n) is 6.66. The van der Waals surface area contributed by atoms with Gasteiger partial charge in [0, 0.05) is 6.54 Å². The number of hydrogen-bond acceptors (Lipinski definition) is 4. The van der Waals surface area contributed by atoms with Gasteiger partial charge in [0.25, 0.3) is 5.91 Å². The molecule has 0 aliphatic heterocycles. The minimum Gasteiger partial charge on any atom is -0.481 e. The Morgan fingerprint density at radius 2 is 1.86 bits per heavy atom. The number of nitrogens with one attached hydrogen (secondary N) is 1. The highest BCUT2D eigenvalue weighted by Crippen LogP contribution is 2.17. The van der Waals surface area contributed by atoms with Crippen LogP contribution < -0.4 is 5.32 Å². The summed E-state index contributed by atoms with van der Waals surface area (Å²) in [4.78, 5) is 23.0. The number of aliphatic carboxylic acids is 1. The van der Waals surface area contributed by atoms with E-state index in [0.717, 1.165) is 0 Å². The molecule has 1 atom stereocenters. The van der Waals surface area contributed by atoms with Crippen LogP contribution in [0.1, 0.15) is 30.6 Å². The van der Waals surface area contributed by atoms with Gasteiger partial charge in [0.2, 0.25) is 0 Å². The van der Waals surface area contributed by atoms with Crippen molar-refractivity contribution in [2.45, 2.75) is 25.2 Å². The fraction of sp³-hybridized carbons (Fsp3) is 0.429. The summed E-state index contributed by atoms with van der Waals surface area (Å²) >= 11 is 0. The lowest BCUT2D eigenvalue weighted by Crippen LogP contribution is -2.33. The van der Waals surface area contributed by atoms with Crippen LogP contribution in [-0.4, -0.2) is 37.7 Å². The summed E-state index contributed by atoms with van der Waals surface area (Å²) in [5, 5.41) is 11.4. The van der Waals surface area contributed by atoms with Crippen molar-refractivity contribution in [1.82, 2.24) is 5.32 Å². The van der Waals surface area contributed by atoms with Crippen LogP contribution in [0.5, 0.6) is 0 Å². The average Bonchev–Trinajstić information content (AvgIpc) is 2.47. The highest BCUT2D eigenvalue weighted by atomic mass is 32.2. The molecule has 1 amide bonds. The van der Waals surface area contributed by atoms with Gasteiger partial charge in [-0.2, -0.15) is 0 Å². The van der Waals surface area contributed by atoms with Crippen LogP contribution in [0.3, 0.4) is 0 Å². The monoisotopic (exact) mass is 313 g/mol. The maximum Gasteiger partial charge on any atom is 0.308 e. The van der Waals surface area contributed by atoms with E-state index in [2.05, 4.69) is 5.32 Å². The van der Waals surface area contributed by atoms with Crippen molar-refractivity contribution < 1.29 is 23.1 Å². The highest BCUT2D eigenvalue weighted by molar-refractivity contribution is 7.91. The smallest absolute Gasteiger partial charge is 0.308 e. The number of carbonyl (C=O) groups excluding carboxylic acids is 1. The van der Waals surface area contributed by atoms with E-state index in [1.54, 1.807) is 19.1 Å². The Morgan fingerprint density at radius 3 is 2.38 bits per heavy atom. The zero-order chi connectivity index (χ0) is 16.0. The van der Waals surface area contributed by atoms with Crippen LogP contribution >= 0.6 is 0 Å². The number of hydrogen-bond donors (Lipinski definition) is 2. The van der Waals surface area contributed by atoms with Crippen LogP contribution in [-0.2, 0) is 14.6 Å². The summed E-state index contributed by atoms with van der Waals surface area (Å²) in [5.74, 6) is -2.37. The zero-order valence-electron chi connectivity index (χ0n) is 12.0. The number of benzene rings is 1. The van der Waals surface area contributed by atoms with Gasteiger partial charge in [-0.15, -0.1) is 0 Å². The SMILES string of the molecule is CCC(CNC(=O)c1ccccc1S(=O)(=O)CC)C(=O)O. The molecule has 1 aromatic rings. The molecule has 0 aliphatic rings. The maximum absolute atomic E-state index is 12.1. The van der Waals surface area contributed by atoms with E-state index in [-0.39, 0.29) is 22.8 Å². The molecule has 0 saturated heterocycles. The van der Waals surface area contributed by atoms with Gasteiger partial charge in [0.15, 0.2) is 9.84 Å². The van der Waals surface area contributed by atoms with Gasteiger partial charge < -0.3 is 10.4 Å². The summed E-state index contributed by atoms with van der Waals surface area (Å²) in [6.07, 6.45) is 0.379. The first-order valence-corrected chi connectivity index (χ1v) is 8.31. The van der Waals surface area contributed by atoms with Crippen molar-refractivity contribution in [2.24, 2.45) is 5.92 Å². The van der Waals surface area contributed by atoms with Crippen LogP contribution in [0.25, 0.3) is 0 Å². The quantitative estimate of drug-likeness (QED) is 0.790. The normalized spacial score (nSPS) is 12.7. The van der Waals surface area contributed by atoms with E-state index in [0.29, 0.717) is 6.42 Å². The van der Waals surface area contributed by atoms with E-state index in [1.165, 1.54) is 19.1 Å². The zero-order valence-corrected chi connectivity index (χ0v) is 12.8. The van der Waals surface area contributed by atoms with E-state index in [4.69, 9.17) is 5.11 Å². The average molecular weight is 313 g/mol. The van der Waals surface area contributed by atoms with Crippen molar-refractivity contribution in [3.63, 3.8) is 0 Å². The number of carbonyl (C=O) groups is 2. The molecule has 0 aromatic heterocycles. The van der Waals surface area contributed by atoms with Crippen LogP contribution in [0.2, 0.25) is 0 Å². The molecule has 0 radical (unpaired) electrons. The van der Waals surface area contributed by atoms with Gasteiger partial charge in [0.1, 0.15) is 0 Å². The Bertz CT molecular complexity index is 624. The maximum atomic E-state index is 12.1. The molecule has 2 N–H and O–H groups in total. The summed E-state index contributed by atoms with van der Waals surface area (Å²) in [6.45, 7) is 3.17. The number of sulfone groups is 1. The Labute approximate surface area is 124 Å². The Kier molecular flexibility index (Phi) is 5.90. The molecular weight excluding hydrogens is 294 g/mol. The Hall–Kier alpha value is -1.89. The van der Waals surface area contributed by atoms with Crippen LogP contribution in [0.4, 0.5) is 0 Å². The van der Waals surface area contributed by atoms with Crippen molar-refractivity contribution in [3.8, 4) is 0 Å². The third kappa shape index (κ3) is 4.29. The molecule has 21 heavy (non-hydrogen) atoms. The van der Waals surface area contributed by atoms with Gasteiger partial charge in [-0.25, -0.2) is 8.42 Å². The lowest BCUT2D eigenvalue weighted by atomic mass is 10.1. The van der Waals surface area contributed by atoms with Crippen LogP contribution in [0.15, 0.2) is 29.2 Å². The lowest BCUT2D eigenvalue weighted by molar-refractivity contribution is -0.141. The number of carboxylic acids is 1. The van der Waals surface area contributed by atoms with E-state index >= 15 is 0 Å². The molecular formula is C14H19NO5S. The van der Waals surface area contributed by atoms with E-state index in [9.17, 15) is 18.0 Å². The topological polar surface area (TPSA) is 101 Å². The van der Waals surface area contributed by atoms with Gasteiger partial charge >= 0.3 is 5.97 Å². The Morgan fingerprint density at radius 1 is 1.24 bits per heavy atom. The van der Waals surface area contributed by atoms with Gasteiger partial charge in [0.05, 0.1) is 22.1 Å². The first kappa shape index (κ1) is 17.2. The second-order valence-corrected chi connectivity index (χ2v) is 6.80. The molecule has 1 unspecified atom stereocenters. The van der Waals surface area contributed by atoms with Crippen LogP contribution in [0, 0.1) is 5.92 Å².